The highest BCUT2D eigenvalue weighted by molar-refractivity contribution is 4.83. The quantitative estimate of drug-likeness (QED) is 0.228. The van der Waals surface area contributed by atoms with Crippen LogP contribution >= 0.6 is 0 Å². The minimum absolute atomic E-state index is 0.338. The van der Waals surface area contributed by atoms with Gasteiger partial charge in [-0.15, -0.1) is 10.0 Å². The molecule has 2 atom stereocenters. The predicted molar refractivity (Wildman–Crippen MR) is 53.3 cm³/mol. The van der Waals surface area contributed by atoms with Crippen LogP contribution in [-0.4, -0.2) is 45.5 Å². The van der Waals surface area contributed by atoms with Crippen molar-refractivity contribution in [1.82, 2.24) is 10.0 Å². The standard InChI is InChI=1S/C4H6N10O4/c5-9-7-3-4(8-10-6)12(14(17)18)2-1-11(3)13(15)16/h3-4H,1-2H2. The molecule has 0 N–H and O–H groups in total. The average molecular weight is 258 g/mol. The van der Waals surface area contributed by atoms with Gasteiger partial charge >= 0.3 is 0 Å². The van der Waals surface area contributed by atoms with Gasteiger partial charge in [0.1, 0.15) is 13.1 Å². The van der Waals surface area contributed by atoms with Crippen LogP contribution in [0.2, 0.25) is 0 Å². The van der Waals surface area contributed by atoms with Gasteiger partial charge in [0.2, 0.25) is 0 Å². The molecule has 0 bridgehead atoms. The maximum absolute atomic E-state index is 10.7. The molecule has 0 aromatic rings. The Balaban J connectivity index is 3.17. The monoisotopic (exact) mass is 258 g/mol. The van der Waals surface area contributed by atoms with Crippen molar-refractivity contribution in [2.24, 2.45) is 10.2 Å². The molecular weight excluding hydrogens is 252 g/mol. The summed E-state index contributed by atoms with van der Waals surface area (Å²) in [7, 11) is 0. The Bertz CT molecular complexity index is 409. The number of nitro groups is 2. The van der Waals surface area contributed by atoms with Crippen molar-refractivity contribution in [2.75, 3.05) is 13.1 Å². The number of hydrogen-bond donors (Lipinski definition) is 0. The van der Waals surface area contributed by atoms with Crippen LogP contribution < -0.4 is 0 Å². The Morgan fingerprint density at radius 2 is 1.33 bits per heavy atom. The van der Waals surface area contributed by atoms with Crippen molar-refractivity contribution in [2.45, 2.75) is 12.3 Å². The molecule has 0 saturated carbocycles. The molecule has 2 unspecified atom stereocenters. The summed E-state index contributed by atoms with van der Waals surface area (Å²) in [6, 6.07) is 0. The van der Waals surface area contributed by atoms with Crippen LogP contribution in [0.15, 0.2) is 10.2 Å². The van der Waals surface area contributed by atoms with Gasteiger partial charge in [-0.3, -0.25) is 0 Å². The second kappa shape index (κ2) is 5.38. The molecule has 1 aliphatic rings. The van der Waals surface area contributed by atoms with Crippen LogP contribution in [0.1, 0.15) is 0 Å². The molecule has 0 radical (unpaired) electrons. The van der Waals surface area contributed by atoms with Crippen molar-refractivity contribution in [3.8, 4) is 0 Å². The largest absolute Gasteiger partial charge is 0.235 e. The Morgan fingerprint density at radius 3 is 1.56 bits per heavy atom. The highest BCUT2D eigenvalue weighted by atomic mass is 16.7. The highest BCUT2D eigenvalue weighted by Gasteiger charge is 2.45. The second-order valence-corrected chi connectivity index (χ2v) is 3.04. The molecule has 1 rings (SSSR count). The number of hydrazine groups is 2. The van der Waals surface area contributed by atoms with Crippen LogP contribution in [0.5, 0.6) is 0 Å². The number of hydrogen-bond acceptors (Lipinski definition) is 6. The first-order chi connectivity index (χ1) is 8.52. The third kappa shape index (κ3) is 2.40. The van der Waals surface area contributed by atoms with Gasteiger partial charge in [-0.25, -0.2) is 20.2 Å². The summed E-state index contributed by atoms with van der Waals surface area (Å²) < 4.78 is 0. The van der Waals surface area contributed by atoms with Gasteiger partial charge in [-0.2, -0.15) is 0 Å². The maximum atomic E-state index is 10.7. The van der Waals surface area contributed by atoms with Crippen LogP contribution in [0.4, 0.5) is 0 Å². The molecule has 1 saturated heterocycles. The zero-order valence-corrected chi connectivity index (χ0v) is 8.67. The molecule has 0 spiro atoms. The molecule has 14 heteroatoms. The predicted octanol–water partition coefficient (Wildman–Crippen LogP) is 0.260. The van der Waals surface area contributed by atoms with E-state index >= 15 is 0 Å². The van der Waals surface area contributed by atoms with E-state index in [2.05, 4.69) is 20.1 Å². The molecule has 0 aromatic carbocycles. The van der Waals surface area contributed by atoms with E-state index in [1.807, 2.05) is 0 Å². The van der Waals surface area contributed by atoms with E-state index in [1.165, 1.54) is 0 Å². The molecular formula is C4H6N10O4. The SMILES string of the molecule is [N-]=[N+]=NC1C(N=[N+]=[N-])N([N+](=O)[O-])CCN1[N+](=O)[O-]. The molecule has 18 heavy (non-hydrogen) atoms. The summed E-state index contributed by atoms with van der Waals surface area (Å²) in [5.74, 6) is 0. The third-order valence-corrected chi connectivity index (χ3v) is 2.19. The van der Waals surface area contributed by atoms with Gasteiger partial charge in [0.25, 0.3) is 0 Å². The number of rotatable bonds is 4. The van der Waals surface area contributed by atoms with Gasteiger partial charge in [0, 0.05) is 9.82 Å². The Labute approximate surface area is 97.9 Å². The summed E-state index contributed by atoms with van der Waals surface area (Å²) in [6.07, 6.45) is -3.17. The van der Waals surface area contributed by atoms with Crippen molar-refractivity contribution in [1.29, 1.82) is 0 Å². The van der Waals surface area contributed by atoms with Crippen molar-refractivity contribution in [3.05, 3.63) is 41.1 Å². The smallest absolute Gasteiger partial charge is 0.199 e. The number of piperazine rings is 1. The number of azide groups is 2. The third-order valence-electron chi connectivity index (χ3n) is 2.19. The van der Waals surface area contributed by atoms with Gasteiger partial charge in [0.15, 0.2) is 22.4 Å². The molecule has 1 heterocycles. The summed E-state index contributed by atoms with van der Waals surface area (Å²) in [5, 5.41) is 26.8. The van der Waals surface area contributed by atoms with E-state index < -0.39 is 22.4 Å². The van der Waals surface area contributed by atoms with E-state index in [9.17, 15) is 20.2 Å². The van der Waals surface area contributed by atoms with Crippen LogP contribution in [-0.2, 0) is 0 Å². The second-order valence-electron chi connectivity index (χ2n) is 3.04. The minimum atomic E-state index is -1.58. The number of nitrogens with zero attached hydrogens (tertiary/aromatic N) is 10. The van der Waals surface area contributed by atoms with Crippen molar-refractivity contribution >= 4 is 0 Å². The lowest BCUT2D eigenvalue weighted by Gasteiger charge is -2.33. The van der Waals surface area contributed by atoms with Gasteiger partial charge in [-0.1, -0.05) is 10.2 Å². The Morgan fingerprint density at radius 1 is 1.00 bits per heavy atom. The van der Waals surface area contributed by atoms with Gasteiger partial charge < -0.3 is 0 Å². The Hall–Kier alpha value is -2.98. The lowest BCUT2D eigenvalue weighted by Crippen LogP contribution is -2.60. The zero-order valence-electron chi connectivity index (χ0n) is 8.67. The van der Waals surface area contributed by atoms with E-state index in [4.69, 9.17) is 11.1 Å². The normalized spacial score (nSPS) is 22.7. The lowest BCUT2D eigenvalue weighted by atomic mass is 10.3. The van der Waals surface area contributed by atoms with Crippen molar-refractivity contribution < 1.29 is 10.1 Å². The first kappa shape index (κ1) is 13.1. The molecule has 0 amide bonds. The molecule has 14 nitrogen and oxygen atoms in total. The summed E-state index contributed by atoms with van der Waals surface area (Å²) in [4.78, 5) is 26.1. The Kier molecular flexibility index (Phi) is 3.91. The van der Waals surface area contributed by atoms with Crippen LogP contribution in [0.25, 0.3) is 20.9 Å². The maximum Gasteiger partial charge on any atom is 0.199 e. The fourth-order valence-corrected chi connectivity index (χ4v) is 1.48. The zero-order chi connectivity index (χ0) is 13.7. The fraction of sp³-hybridized carbons (Fsp3) is 1.00. The topological polar surface area (TPSA) is 190 Å². The van der Waals surface area contributed by atoms with Crippen LogP contribution in [0.3, 0.4) is 0 Å². The summed E-state index contributed by atoms with van der Waals surface area (Å²) in [6.45, 7) is -0.676. The van der Waals surface area contributed by atoms with Crippen molar-refractivity contribution in [3.63, 3.8) is 0 Å². The van der Waals surface area contributed by atoms with Gasteiger partial charge in [0.05, 0.1) is 0 Å². The van der Waals surface area contributed by atoms with E-state index in [0.717, 1.165) is 0 Å². The van der Waals surface area contributed by atoms with E-state index in [0.29, 0.717) is 10.0 Å². The highest BCUT2D eigenvalue weighted by Crippen LogP contribution is 2.20. The fourth-order valence-electron chi connectivity index (χ4n) is 1.48. The molecule has 96 valence electrons. The molecule has 0 aromatic heterocycles. The minimum Gasteiger partial charge on any atom is -0.235 e. The van der Waals surface area contributed by atoms with Crippen LogP contribution in [0, 0.1) is 20.2 Å². The first-order valence-electron chi connectivity index (χ1n) is 4.43. The summed E-state index contributed by atoms with van der Waals surface area (Å²) in [5.41, 5.74) is 16.6. The first-order valence-corrected chi connectivity index (χ1v) is 4.43. The molecule has 1 aliphatic heterocycles. The van der Waals surface area contributed by atoms with E-state index in [-0.39, 0.29) is 13.1 Å². The summed E-state index contributed by atoms with van der Waals surface area (Å²) >= 11 is 0. The lowest BCUT2D eigenvalue weighted by molar-refractivity contribution is -0.707. The average Bonchev–Trinajstić information content (AvgIpc) is 2.30. The molecule has 1 fully saturated rings. The van der Waals surface area contributed by atoms with E-state index in [1.54, 1.807) is 0 Å². The van der Waals surface area contributed by atoms with Gasteiger partial charge in [-0.05, 0) is 11.1 Å². The molecule has 0 aliphatic carbocycles.